The minimum absolute atomic E-state index is 0.00543. The van der Waals surface area contributed by atoms with Crippen LogP contribution in [0.1, 0.15) is 13.3 Å². The average Bonchev–Trinajstić information content (AvgIpc) is 3.19. The molecule has 9 heteroatoms. The Morgan fingerprint density at radius 1 is 1.06 bits per heavy atom. The van der Waals surface area contributed by atoms with Gasteiger partial charge in [-0.1, -0.05) is 0 Å². The lowest BCUT2D eigenvalue weighted by Crippen LogP contribution is -2.28. The third kappa shape index (κ3) is 5.48. The molecule has 1 atom stereocenters. The van der Waals surface area contributed by atoms with Gasteiger partial charge in [-0.3, -0.25) is 14.4 Å². The van der Waals surface area contributed by atoms with Crippen molar-refractivity contribution in [3.8, 4) is 17.2 Å². The number of benzene rings is 2. The van der Waals surface area contributed by atoms with Gasteiger partial charge < -0.3 is 29.2 Å². The molecule has 1 heterocycles. The molecule has 170 valence electrons. The van der Waals surface area contributed by atoms with Crippen LogP contribution in [-0.4, -0.2) is 51.8 Å². The third-order valence-electron chi connectivity index (χ3n) is 4.93. The van der Waals surface area contributed by atoms with Crippen molar-refractivity contribution in [1.82, 2.24) is 0 Å². The maximum Gasteiger partial charge on any atom is 0.311 e. The van der Waals surface area contributed by atoms with Crippen LogP contribution in [0.2, 0.25) is 0 Å². The van der Waals surface area contributed by atoms with Crippen LogP contribution < -0.4 is 24.4 Å². The molecule has 1 fully saturated rings. The molecule has 0 spiro atoms. The highest BCUT2D eigenvalue weighted by atomic mass is 16.5. The lowest BCUT2D eigenvalue weighted by Gasteiger charge is -2.20. The van der Waals surface area contributed by atoms with Gasteiger partial charge in [0.05, 0.1) is 32.4 Å². The van der Waals surface area contributed by atoms with Crippen LogP contribution in [0.4, 0.5) is 11.4 Å². The van der Waals surface area contributed by atoms with Crippen LogP contribution in [0.3, 0.4) is 0 Å². The number of carbonyl (C=O) groups excluding carboxylic acids is 3. The van der Waals surface area contributed by atoms with Gasteiger partial charge in [0.25, 0.3) is 5.91 Å². The van der Waals surface area contributed by atoms with E-state index in [1.807, 2.05) is 6.92 Å². The second-order valence-electron chi connectivity index (χ2n) is 7.06. The van der Waals surface area contributed by atoms with Crippen LogP contribution >= 0.6 is 0 Å². The van der Waals surface area contributed by atoms with Crippen molar-refractivity contribution in [2.45, 2.75) is 13.3 Å². The standard InChI is InChI=1S/C23H26N2O7/c1-4-31-17-7-5-16(6-8-17)24-21(26)14-32-23(28)15-11-22(27)25(13-15)19-10-9-18(29-2)12-20(19)30-3/h5-10,12,15H,4,11,13-14H2,1-3H3,(H,24,26)/t15-/m0/s1. The van der Waals surface area contributed by atoms with Crippen molar-refractivity contribution in [3.63, 3.8) is 0 Å². The largest absolute Gasteiger partial charge is 0.497 e. The van der Waals surface area contributed by atoms with Crippen LogP contribution in [0.25, 0.3) is 0 Å². The van der Waals surface area contributed by atoms with E-state index in [4.69, 9.17) is 18.9 Å². The molecule has 3 rings (SSSR count). The minimum Gasteiger partial charge on any atom is -0.497 e. The first-order valence-corrected chi connectivity index (χ1v) is 10.2. The fraction of sp³-hybridized carbons (Fsp3) is 0.348. The number of hydrogen-bond donors (Lipinski definition) is 1. The van der Waals surface area contributed by atoms with E-state index in [1.165, 1.54) is 19.1 Å². The highest BCUT2D eigenvalue weighted by Gasteiger charge is 2.37. The summed E-state index contributed by atoms with van der Waals surface area (Å²) < 4.78 is 21.0. The fourth-order valence-electron chi connectivity index (χ4n) is 3.36. The zero-order valence-corrected chi connectivity index (χ0v) is 18.3. The summed E-state index contributed by atoms with van der Waals surface area (Å²) in [6.07, 6.45) is -0.00543. The summed E-state index contributed by atoms with van der Waals surface area (Å²) in [5, 5.41) is 2.65. The maximum absolute atomic E-state index is 12.5. The van der Waals surface area contributed by atoms with E-state index >= 15 is 0 Å². The fourth-order valence-corrected chi connectivity index (χ4v) is 3.36. The van der Waals surface area contributed by atoms with Crippen molar-refractivity contribution < 1.29 is 33.3 Å². The Bertz CT molecular complexity index is 975. The monoisotopic (exact) mass is 442 g/mol. The van der Waals surface area contributed by atoms with E-state index < -0.39 is 24.4 Å². The average molecular weight is 442 g/mol. The van der Waals surface area contributed by atoms with Gasteiger partial charge in [0.15, 0.2) is 6.61 Å². The molecule has 0 bridgehead atoms. The lowest BCUT2D eigenvalue weighted by atomic mass is 10.1. The number of carbonyl (C=O) groups is 3. The van der Waals surface area contributed by atoms with Gasteiger partial charge in [0, 0.05) is 24.7 Å². The molecule has 2 aromatic rings. The van der Waals surface area contributed by atoms with E-state index in [1.54, 1.807) is 42.5 Å². The molecule has 0 saturated carbocycles. The smallest absolute Gasteiger partial charge is 0.311 e. The van der Waals surface area contributed by atoms with Gasteiger partial charge in [-0.25, -0.2) is 0 Å². The van der Waals surface area contributed by atoms with Crippen molar-refractivity contribution in [3.05, 3.63) is 42.5 Å². The molecule has 2 amide bonds. The van der Waals surface area contributed by atoms with Gasteiger partial charge >= 0.3 is 5.97 Å². The predicted molar refractivity (Wildman–Crippen MR) is 117 cm³/mol. The van der Waals surface area contributed by atoms with Gasteiger partial charge in [0.1, 0.15) is 17.2 Å². The highest BCUT2D eigenvalue weighted by Crippen LogP contribution is 2.36. The van der Waals surface area contributed by atoms with Gasteiger partial charge in [0.2, 0.25) is 5.91 Å². The molecule has 0 aromatic heterocycles. The maximum atomic E-state index is 12.5. The Balaban J connectivity index is 1.54. The van der Waals surface area contributed by atoms with E-state index in [0.717, 1.165) is 0 Å². The first-order valence-electron chi connectivity index (χ1n) is 10.2. The molecule has 1 N–H and O–H groups in total. The summed E-state index contributed by atoms with van der Waals surface area (Å²) in [7, 11) is 3.03. The van der Waals surface area contributed by atoms with Gasteiger partial charge in [-0.05, 0) is 43.3 Å². The second-order valence-corrected chi connectivity index (χ2v) is 7.06. The summed E-state index contributed by atoms with van der Waals surface area (Å²) in [6.45, 7) is 2.13. The van der Waals surface area contributed by atoms with Crippen LogP contribution in [-0.2, 0) is 19.1 Å². The number of hydrogen-bond acceptors (Lipinski definition) is 7. The summed E-state index contributed by atoms with van der Waals surface area (Å²) in [5.74, 6) is -0.230. The van der Waals surface area contributed by atoms with Crippen LogP contribution in [0.15, 0.2) is 42.5 Å². The molecule has 32 heavy (non-hydrogen) atoms. The Morgan fingerprint density at radius 2 is 1.78 bits per heavy atom. The molecule has 0 unspecified atom stereocenters. The zero-order valence-electron chi connectivity index (χ0n) is 18.3. The van der Waals surface area contributed by atoms with Crippen molar-refractivity contribution in [2.24, 2.45) is 5.92 Å². The van der Waals surface area contributed by atoms with Crippen molar-refractivity contribution >= 4 is 29.2 Å². The number of anilines is 2. The Morgan fingerprint density at radius 3 is 2.44 bits per heavy atom. The number of nitrogens with one attached hydrogen (secondary N) is 1. The van der Waals surface area contributed by atoms with Crippen LogP contribution in [0.5, 0.6) is 17.2 Å². The SMILES string of the molecule is CCOc1ccc(NC(=O)COC(=O)[C@H]2CC(=O)N(c3ccc(OC)cc3OC)C2)cc1. The summed E-state index contributed by atoms with van der Waals surface area (Å²) >= 11 is 0. The second kappa shape index (κ2) is 10.5. The van der Waals surface area contributed by atoms with E-state index in [0.29, 0.717) is 35.2 Å². The van der Waals surface area contributed by atoms with E-state index in [2.05, 4.69) is 5.32 Å². The topological polar surface area (TPSA) is 103 Å². The van der Waals surface area contributed by atoms with Gasteiger partial charge in [-0.15, -0.1) is 0 Å². The molecule has 9 nitrogen and oxygen atoms in total. The summed E-state index contributed by atoms with van der Waals surface area (Å²) in [4.78, 5) is 38.5. The Kier molecular flexibility index (Phi) is 7.54. The number of amides is 2. The zero-order chi connectivity index (χ0) is 23.1. The first kappa shape index (κ1) is 22.9. The Labute approximate surface area is 186 Å². The van der Waals surface area contributed by atoms with E-state index in [-0.39, 0.29) is 18.9 Å². The highest BCUT2D eigenvalue weighted by molar-refractivity contribution is 6.01. The molecule has 0 radical (unpaired) electrons. The number of esters is 1. The third-order valence-corrected chi connectivity index (χ3v) is 4.93. The first-order chi connectivity index (χ1) is 15.4. The molecule has 2 aromatic carbocycles. The summed E-state index contributed by atoms with van der Waals surface area (Å²) in [5.41, 5.74) is 1.10. The number of ether oxygens (including phenoxy) is 4. The Hall–Kier alpha value is -3.75. The summed E-state index contributed by atoms with van der Waals surface area (Å²) in [6, 6.07) is 11.9. The quantitative estimate of drug-likeness (QED) is 0.596. The molecular weight excluding hydrogens is 416 g/mol. The van der Waals surface area contributed by atoms with E-state index in [9.17, 15) is 14.4 Å². The molecule has 1 aliphatic rings. The molecule has 0 aliphatic carbocycles. The number of rotatable bonds is 9. The molecule has 1 aliphatic heterocycles. The predicted octanol–water partition coefficient (Wildman–Crippen LogP) is 2.64. The van der Waals surface area contributed by atoms with Crippen molar-refractivity contribution in [1.29, 1.82) is 0 Å². The number of methoxy groups -OCH3 is 2. The molecular formula is C23H26N2O7. The van der Waals surface area contributed by atoms with Gasteiger partial charge in [-0.2, -0.15) is 0 Å². The normalized spacial score (nSPS) is 15.3. The lowest BCUT2D eigenvalue weighted by molar-refractivity contribution is -0.151. The number of nitrogens with zero attached hydrogens (tertiary/aromatic N) is 1. The molecule has 1 saturated heterocycles. The van der Waals surface area contributed by atoms with Crippen molar-refractivity contribution in [2.75, 3.05) is 44.2 Å². The van der Waals surface area contributed by atoms with Crippen LogP contribution in [0, 0.1) is 5.92 Å². The minimum atomic E-state index is -0.674.